The number of nitrogens with zero attached hydrogens (tertiary/aromatic N) is 2. The third-order valence-corrected chi connectivity index (χ3v) is 12.9. The number of rotatable bonds is 6. The Morgan fingerprint density at radius 1 is 0.238 bits per heavy atom. The fourth-order valence-electron chi connectivity index (χ4n) is 9.97. The molecular weight excluding hydrogens is 765 g/mol. The average Bonchev–Trinajstić information content (AvgIpc) is 4.01. The zero-order chi connectivity index (χ0) is 41.4. The molecule has 0 aliphatic carbocycles. The first-order chi connectivity index (χ1) is 31.2. The summed E-state index contributed by atoms with van der Waals surface area (Å²) in [6, 6.07) is 83.6. The van der Waals surface area contributed by atoms with Gasteiger partial charge in [-0.2, -0.15) is 0 Å². The third-order valence-electron chi connectivity index (χ3n) is 12.9. The summed E-state index contributed by atoms with van der Waals surface area (Å²) in [5.41, 5.74) is 18.4. The van der Waals surface area contributed by atoms with Crippen molar-refractivity contribution in [2.24, 2.45) is 0 Å². The Kier molecular flexibility index (Phi) is 7.91. The van der Waals surface area contributed by atoms with Crippen molar-refractivity contribution in [2.45, 2.75) is 0 Å². The molecule has 3 heteroatoms. The molecule has 294 valence electrons. The van der Waals surface area contributed by atoms with Crippen molar-refractivity contribution in [1.82, 2.24) is 9.13 Å². The molecular formula is C60H38N2O. The van der Waals surface area contributed by atoms with Crippen LogP contribution in [0.25, 0.3) is 121 Å². The van der Waals surface area contributed by atoms with E-state index in [1.165, 1.54) is 93.8 Å². The Morgan fingerprint density at radius 2 is 0.698 bits per heavy atom. The van der Waals surface area contributed by atoms with Gasteiger partial charge in [0.1, 0.15) is 11.2 Å². The second kappa shape index (κ2) is 14.1. The summed E-state index contributed by atoms with van der Waals surface area (Å²) < 4.78 is 10.9. The number of hydrogen-bond donors (Lipinski definition) is 0. The molecule has 0 spiro atoms. The molecule has 0 unspecified atom stereocenters. The van der Waals surface area contributed by atoms with Gasteiger partial charge in [0, 0.05) is 43.7 Å². The third kappa shape index (κ3) is 5.67. The van der Waals surface area contributed by atoms with E-state index in [-0.39, 0.29) is 0 Å². The van der Waals surface area contributed by atoms with Gasteiger partial charge in [0.05, 0.1) is 22.1 Å². The maximum atomic E-state index is 6.13. The Hall–Kier alpha value is -8.40. The SMILES string of the molecule is c1ccc(-c2ccc(-n3c4ccccc4c4cc(-c5ccc6c(c5)c5ccccc5n6-c5ccccc5)ccc43)cc2-c2ccc(-c3ccc4oc5ccccc5c4c3)cc2)cc1. The van der Waals surface area contributed by atoms with Gasteiger partial charge in [-0.05, 0) is 123 Å². The molecule has 0 aliphatic heterocycles. The number of furan rings is 1. The second-order valence-electron chi connectivity index (χ2n) is 16.5. The highest BCUT2D eigenvalue weighted by atomic mass is 16.3. The molecule has 3 aromatic heterocycles. The average molecular weight is 803 g/mol. The minimum Gasteiger partial charge on any atom is -0.456 e. The van der Waals surface area contributed by atoms with Gasteiger partial charge < -0.3 is 13.6 Å². The highest BCUT2D eigenvalue weighted by Crippen LogP contribution is 2.41. The molecule has 13 rings (SSSR count). The molecule has 0 aliphatic rings. The van der Waals surface area contributed by atoms with E-state index in [1.807, 2.05) is 12.1 Å². The Labute approximate surface area is 363 Å². The Balaban J connectivity index is 0.933. The minimum atomic E-state index is 0.909. The number of benzene rings is 10. The van der Waals surface area contributed by atoms with Gasteiger partial charge in [-0.3, -0.25) is 0 Å². The number of hydrogen-bond acceptors (Lipinski definition) is 1. The standard InChI is InChI=1S/C60H38N2O/c1-3-13-40(14-4-1)47-31-30-46(38-51(47)41-25-23-39(24-26-41)42-29-34-60-54(37-42)50-19-9-12-22-59(50)63-60)62-56-21-11-8-18-49(56)53-36-44(28-33-58(53)62)43-27-32-57-52(35-43)48-17-7-10-20-55(48)61(57)45-15-5-2-6-16-45/h1-38H. The fraction of sp³-hybridized carbons (Fsp3) is 0. The van der Waals surface area contributed by atoms with Crippen LogP contribution >= 0.6 is 0 Å². The predicted octanol–water partition coefficient (Wildman–Crippen LogP) is 16.4. The first-order valence-corrected chi connectivity index (χ1v) is 21.6. The second-order valence-corrected chi connectivity index (χ2v) is 16.5. The van der Waals surface area contributed by atoms with Crippen molar-refractivity contribution < 1.29 is 4.42 Å². The maximum absolute atomic E-state index is 6.13. The van der Waals surface area contributed by atoms with Gasteiger partial charge in [-0.25, -0.2) is 0 Å². The van der Waals surface area contributed by atoms with E-state index in [0.717, 1.165) is 27.6 Å². The van der Waals surface area contributed by atoms with Crippen LogP contribution < -0.4 is 0 Å². The molecule has 0 atom stereocenters. The maximum Gasteiger partial charge on any atom is 0.135 e. The van der Waals surface area contributed by atoms with E-state index < -0.39 is 0 Å². The van der Waals surface area contributed by atoms with Crippen molar-refractivity contribution in [3.63, 3.8) is 0 Å². The molecule has 0 N–H and O–H groups in total. The van der Waals surface area contributed by atoms with Crippen molar-refractivity contribution in [1.29, 1.82) is 0 Å². The van der Waals surface area contributed by atoms with Gasteiger partial charge in [-0.15, -0.1) is 0 Å². The van der Waals surface area contributed by atoms with Crippen LogP contribution in [-0.2, 0) is 0 Å². The largest absolute Gasteiger partial charge is 0.456 e. The monoisotopic (exact) mass is 802 g/mol. The molecule has 0 bridgehead atoms. The topological polar surface area (TPSA) is 23.0 Å². The van der Waals surface area contributed by atoms with E-state index in [1.54, 1.807) is 0 Å². The van der Waals surface area contributed by atoms with E-state index in [9.17, 15) is 0 Å². The fourth-order valence-corrected chi connectivity index (χ4v) is 9.97. The molecule has 0 saturated heterocycles. The van der Waals surface area contributed by atoms with Gasteiger partial charge in [-0.1, -0.05) is 152 Å². The van der Waals surface area contributed by atoms with Crippen LogP contribution in [0.15, 0.2) is 235 Å². The first kappa shape index (κ1) is 35.4. The van der Waals surface area contributed by atoms with Crippen LogP contribution in [0.3, 0.4) is 0 Å². The highest BCUT2D eigenvalue weighted by molar-refractivity contribution is 6.13. The molecule has 0 saturated carbocycles. The van der Waals surface area contributed by atoms with E-state index in [4.69, 9.17) is 4.42 Å². The van der Waals surface area contributed by atoms with Crippen LogP contribution in [0, 0.1) is 0 Å². The molecule has 10 aromatic carbocycles. The normalized spacial score (nSPS) is 11.8. The lowest BCUT2D eigenvalue weighted by Gasteiger charge is -2.16. The summed E-state index contributed by atoms with van der Waals surface area (Å²) in [6.07, 6.45) is 0. The smallest absolute Gasteiger partial charge is 0.135 e. The summed E-state index contributed by atoms with van der Waals surface area (Å²) in [6.45, 7) is 0. The Morgan fingerprint density at radius 3 is 1.38 bits per heavy atom. The highest BCUT2D eigenvalue weighted by Gasteiger charge is 2.18. The Bertz CT molecular complexity index is 3890. The summed E-state index contributed by atoms with van der Waals surface area (Å²) in [7, 11) is 0. The summed E-state index contributed by atoms with van der Waals surface area (Å²) >= 11 is 0. The van der Waals surface area contributed by atoms with Crippen molar-refractivity contribution in [3.8, 4) is 55.9 Å². The lowest BCUT2D eigenvalue weighted by Crippen LogP contribution is -1.96. The van der Waals surface area contributed by atoms with Crippen LogP contribution in [0.5, 0.6) is 0 Å². The quantitative estimate of drug-likeness (QED) is 0.164. The zero-order valence-corrected chi connectivity index (χ0v) is 34.2. The zero-order valence-electron chi connectivity index (χ0n) is 34.2. The first-order valence-electron chi connectivity index (χ1n) is 21.6. The van der Waals surface area contributed by atoms with Gasteiger partial charge >= 0.3 is 0 Å². The van der Waals surface area contributed by atoms with Crippen LogP contribution in [0.2, 0.25) is 0 Å². The lowest BCUT2D eigenvalue weighted by atomic mass is 9.92. The van der Waals surface area contributed by atoms with E-state index in [0.29, 0.717) is 0 Å². The van der Waals surface area contributed by atoms with Crippen LogP contribution in [0.1, 0.15) is 0 Å². The molecule has 13 aromatic rings. The molecule has 3 nitrogen and oxygen atoms in total. The van der Waals surface area contributed by atoms with Gasteiger partial charge in [0.2, 0.25) is 0 Å². The predicted molar refractivity (Wildman–Crippen MR) is 264 cm³/mol. The summed E-state index contributed by atoms with van der Waals surface area (Å²) in [4.78, 5) is 0. The van der Waals surface area contributed by atoms with Crippen molar-refractivity contribution in [3.05, 3.63) is 231 Å². The van der Waals surface area contributed by atoms with Crippen molar-refractivity contribution in [2.75, 3.05) is 0 Å². The molecule has 0 amide bonds. The van der Waals surface area contributed by atoms with Gasteiger partial charge in [0.15, 0.2) is 0 Å². The molecule has 0 fully saturated rings. The lowest BCUT2D eigenvalue weighted by molar-refractivity contribution is 0.669. The van der Waals surface area contributed by atoms with E-state index >= 15 is 0 Å². The molecule has 63 heavy (non-hydrogen) atoms. The number of para-hydroxylation sites is 4. The van der Waals surface area contributed by atoms with Crippen LogP contribution in [-0.4, -0.2) is 9.13 Å². The summed E-state index contributed by atoms with van der Waals surface area (Å²) in [5, 5.41) is 7.25. The van der Waals surface area contributed by atoms with Gasteiger partial charge in [0.25, 0.3) is 0 Å². The summed E-state index contributed by atoms with van der Waals surface area (Å²) in [5.74, 6) is 0. The number of fused-ring (bicyclic) bond motifs is 9. The molecule has 3 heterocycles. The van der Waals surface area contributed by atoms with Crippen LogP contribution in [0.4, 0.5) is 0 Å². The van der Waals surface area contributed by atoms with Crippen molar-refractivity contribution >= 4 is 65.6 Å². The number of aromatic nitrogens is 2. The molecule has 0 radical (unpaired) electrons. The minimum absolute atomic E-state index is 0.909. The van der Waals surface area contributed by atoms with E-state index in [2.05, 4.69) is 228 Å².